The smallest absolute Gasteiger partial charge is 0.408 e. The number of aryl methyl sites for hydroxylation is 1. The molecule has 2 rings (SSSR count). The van der Waals surface area contributed by atoms with Crippen molar-refractivity contribution >= 4 is 16.2 Å². The van der Waals surface area contributed by atoms with Gasteiger partial charge in [0, 0.05) is 6.61 Å². The van der Waals surface area contributed by atoms with Crippen molar-refractivity contribution in [2.75, 3.05) is 13.2 Å². The molecule has 0 spiro atoms. The Bertz CT molecular complexity index is 702. The average Bonchev–Trinajstić information content (AvgIpc) is 3.04. The third-order valence-electron chi connectivity index (χ3n) is 3.83. The molecular formula is C18H27NO6S. The molecule has 1 fully saturated rings. The standard InChI is InChI=1S/C18H27NO6S/c1-13-7-9-14(10-8-13)26(21,22)24-12-15(16-6-5-11-23-16)19-17(20)25-18(2,3)4/h7-10,15-16H,5-6,11-12H2,1-4H3,(H,19,20)/t15-,16?/m1/s1. The summed E-state index contributed by atoms with van der Waals surface area (Å²) in [6.07, 6.45) is 0.626. The fourth-order valence-electron chi connectivity index (χ4n) is 2.56. The predicted molar refractivity (Wildman–Crippen MR) is 96.4 cm³/mol. The largest absolute Gasteiger partial charge is 0.444 e. The van der Waals surface area contributed by atoms with Gasteiger partial charge in [-0.25, -0.2) is 4.79 Å². The average molecular weight is 385 g/mol. The second-order valence-electron chi connectivity index (χ2n) is 7.36. The summed E-state index contributed by atoms with van der Waals surface area (Å²) in [5.74, 6) is 0. The number of ether oxygens (including phenoxy) is 2. The summed E-state index contributed by atoms with van der Waals surface area (Å²) in [6, 6.07) is 5.77. The van der Waals surface area contributed by atoms with E-state index in [9.17, 15) is 13.2 Å². The predicted octanol–water partition coefficient (Wildman–Crippen LogP) is 2.77. The van der Waals surface area contributed by atoms with Crippen LogP contribution >= 0.6 is 0 Å². The zero-order valence-electron chi connectivity index (χ0n) is 15.7. The molecule has 146 valence electrons. The van der Waals surface area contributed by atoms with Crippen LogP contribution in [-0.2, 0) is 23.8 Å². The van der Waals surface area contributed by atoms with Crippen LogP contribution in [0.1, 0.15) is 39.2 Å². The minimum atomic E-state index is -3.92. The van der Waals surface area contributed by atoms with Gasteiger partial charge in [-0.3, -0.25) is 4.18 Å². The van der Waals surface area contributed by atoms with Crippen LogP contribution in [0.4, 0.5) is 4.79 Å². The van der Waals surface area contributed by atoms with Gasteiger partial charge in [-0.2, -0.15) is 8.42 Å². The molecule has 7 nitrogen and oxygen atoms in total. The molecule has 1 aromatic carbocycles. The molecule has 0 saturated carbocycles. The number of alkyl carbamates (subject to hydrolysis) is 1. The Morgan fingerprint density at radius 3 is 2.50 bits per heavy atom. The molecule has 0 aliphatic carbocycles. The first-order chi connectivity index (χ1) is 12.1. The fourth-order valence-corrected chi connectivity index (χ4v) is 3.49. The maximum Gasteiger partial charge on any atom is 0.408 e. The molecule has 0 bridgehead atoms. The topological polar surface area (TPSA) is 90.9 Å². The van der Waals surface area contributed by atoms with Crippen LogP contribution in [0.3, 0.4) is 0 Å². The first-order valence-corrected chi connectivity index (χ1v) is 10.0. The molecule has 8 heteroatoms. The van der Waals surface area contributed by atoms with E-state index in [1.807, 2.05) is 6.92 Å². The van der Waals surface area contributed by atoms with E-state index in [1.165, 1.54) is 12.1 Å². The molecule has 1 saturated heterocycles. The Balaban J connectivity index is 2.04. The Labute approximate surface area is 155 Å². The molecule has 1 unspecified atom stereocenters. The number of rotatable bonds is 6. The van der Waals surface area contributed by atoms with Crippen molar-refractivity contribution in [2.45, 2.75) is 63.2 Å². The Morgan fingerprint density at radius 2 is 1.96 bits per heavy atom. The van der Waals surface area contributed by atoms with E-state index in [1.54, 1.807) is 32.9 Å². The molecule has 1 heterocycles. The zero-order chi connectivity index (χ0) is 19.4. The van der Waals surface area contributed by atoms with E-state index in [-0.39, 0.29) is 17.6 Å². The second kappa shape index (κ2) is 8.37. The summed E-state index contributed by atoms with van der Waals surface area (Å²) < 4.78 is 40.8. The highest BCUT2D eigenvalue weighted by atomic mass is 32.2. The van der Waals surface area contributed by atoms with Crippen LogP contribution in [-0.4, -0.2) is 45.5 Å². The van der Waals surface area contributed by atoms with Crippen molar-refractivity contribution in [3.63, 3.8) is 0 Å². The highest BCUT2D eigenvalue weighted by Gasteiger charge is 2.31. The third kappa shape index (κ3) is 6.26. The van der Waals surface area contributed by atoms with Crippen LogP contribution in [0, 0.1) is 6.92 Å². The van der Waals surface area contributed by atoms with Crippen molar-refractivity contribution in [3.8, 4) is 0 Å². The van der Waals surface area contributed by atoms with Gasteiger partial charge in [0.25, 0.3) is 10.1 Å². The van der Waals surface area contributed by atoms with Gasteiger partial charge in [-0.1, -0.05) is 17.7 Å². The Kier molecular flexibility index (Phi) is 6.65. The summed E-state index contributed by atoms with van der Waals surface area (Å²) in [7, 11) is -3.92. The summed E-state index contributed by atoms with van der Waals surface area (Å²) in [5.41, 5.74) is 0.299. The number of carbonyl (C=O) groups excluding carboxylic acids is 1. The molecule has 1 aliphatic heterocycles. The van der Waals surface area contributed by atoms with Gasteiger partial charge < -0.3 is 14.8 Å². The summed E-state index contributed by atoms with van der Waals surface area (Å²) in [6.45, 7) is 7.49. The molecule has 26 heavy (non-hydrogen) atoms. The lowest BCUT2D eigenvalue weighted by atomic mass is 10.1. The minimum Gasteiger partial charge on any atom is -0.444 e. The van der Waals surface area contributed by atoms with Crippen molar-refractivity contribution in [3.05, 3.63) is 29.8 Å². The van der Waals surface area contributed by atoms with E-state index in [4.69, 9.17) is 13.7 Å². The number of benzene rings is 1. The lowest BCUT2D eigenvalue weighted by Gasteiger charge is -2.26. The van der Waals surface area contributed by atoms with Gasteiger partial charge in [0.05, 0.1) is 23.6 Å². The minimum absolute atomic E-state index is 0.0754. The number of hydrogen-bond acceptors (Lipinski definition) is 6. The highest BCUT2D eigenvalue weighted by molar-refractivity contribution is 7.86. The number of nitrogens with one attached hydrogen (secondary N) is 1. The van der Waals surface area contributed by atoms with E-state index >= 15 is 0 Å². The van der Waals surface area contributed by atoms with Crippen molar-refractivity contribution in [1.29, 1.82) is 0 Å². The molecule has 1 aliphatic rings. The van der Waals surface area contributed by atoms with Crippen molar-refractivity contribution in [2.24, 2.45) is 0 Å². The van der Waals surface area contributed by atoms with Crippen molar-refractivity contribution in [1.82, 2.24) is 5.32 Å². The molecule has 0 aromatic heterocycles. The highest BCUT2D eigenvalue weighted by Crippen LogP contribution is 2.19. The van der Waals surface area contributed by atoms with Crippen LogP contribution < -0.4 is 5.32 Å². The molecule has 0 radical (unpaired) electrons. The number of carbonyl (C=O) groups is 1. The monoisotopic (exact) mass is 385 g/mol. The fraction of sp³-hybridized carbons (Fsp3) is 0.611. The second-order valence-corrected chi connectivity index (χ2v) is 8.97. The van der Waals surface area contributed by atoms with E-state index in [2.05, 4.69) is 5.32 Å². The zero-order valence-corrected chi connectivity index (χ0v) is 16.5. The Hall–Kier alpha value is -1.64. The maximum absolute atomic E-state index is 12.4. The maximum atomic E-state index is 12.4. The van der Waals surface area contributed by atoms with Crippen LogP contribution in [0.2, 0.25) is 0 Å². The van der Waals surface area contributed by atoms with Gasteiger partial charge in [-0.05, 0) is 52.7 Å². The van der Waals surface area contributed by atoms with Gasteiger partial charge in [0.15, 0.2) is 0 Å². The quantitative estimate of drug-likeness (QED) is 0.757. The van der Waals surface area contributed by atoms with Gasteiger partial charge in [0.1, 0.15) is 5.60 Å². The molecule has 1 aromatic rings. The first-order valence-electron chi connectivity index (χ1n) is 8.64. The van der Waals surface area contributed by atoms with Crippen molar-refractivity contribution < 1.29 is 26.9 Å². The van der Waals surface area contributed by atoms with Crippen LogP contribution in [0.25, 0.3) is 0 Å². The first kappa shape index (κ1) is 20.7. The number of amides is 1. The van der Waals surface area contributed by atoms with E-state index in [0.717, 1.165) is 12.0 Å². The number of hydrogen-bond donors (Lipinski definition) is 1. The molecule has 1 amide bonds. The summed E-state index contributed by atoms with van der Waals surface area (Å²) >= 11 is 0. The normalized spacial score (nSPS) is 19.2. The molecule has 1 N–H and O–H groups in total. The SMILES string of the molecule is Cc1ccc(S(=O)(=O)OC[C@@H](NC(=O)OC(C)(C)C)C2CCCO2)cc1. The van der Waals surface area contributed by atoms with E-state index in [0.29, 0.717) is 13.0 Å². The van der Waals surface area contributed by atoms with E-state index < -0.39 is 27.9 Å². The van der Waals surface area contributed by atoms with Crippen LogP contribution in [0.5, 0.6) is 0 Å². The third-order valence-corrected chi connectivity index (χ3v) is 5.12. The summed E-state index contributed by atoms with van der Waals surface area (Å²) in [5, 5.41) is 2.67. The van der Waals surface area contributed by atoms with Crippen LogP contribution in [0.15, 0.2) is 29.2 Å². The lowest BCUT2D eigenvalue weighted by Crippen LogP contribution is -2.48. The lowest BCUT2D eigenvalue weighted by molar-refractivity contribution is 0.0296. The Morgan fingerprint density at radius 1 is 1.31 bits per heavy atom. The molecular weight excluding hydrogens is 358 g/mol. The summed E-state index contributed by atoms with van der Waals surface area (Å²) in [4.78, 5) is 12.1. The molecule has 2 atom stereocenters. The van der Waals surface area contributed by atoms with Gasteiger partial charge >= 0.3 is 6.09 Å². The van der Waals surface area contributed by atoms with Gasteiger partial charge in [-0.15, -0.1) is 0 Å². The van der Waals surface area contributed by atoms with Gasteiger partial charge in [0.2, 0.25) is 0 Å².